The van der Waals surface area contributed by atoms with Crippen molar-refractivity contribution in [2.75, 3.05) is 4.90 Å². The molecular weight excluding hydrogens is 591 g/mol. The minimum absolute atomic E-state index is 0.0151. The van der Waals surface area contributed by atoms with E-state index in [0.717, 1.165) is 28.8 Å². The maximum atomic E-state index is 14.0. The largest absolute Gasteiger partial charge is 0.382 e. The Bertz CT molecular complexity index is 1440. The standard InChI is InChI=1S/C30H29IN4O3/c1-20-17-24(15-16-34-19-26(32-33-34)28(36)22-7-3-2-4-8-22)38-30(20)25-9-5-6-10-27(25)35(29(30)37)18-21-11-13-23(31)14-12-21/h2-14,19-20,24,28,36H,15-18H2,1H3/t20-,24+,28+,30+/m0/s1. The molecular formula is C30H29IN4O3. The highest BCUT2D eigenvalue weighted by Gasteiger charge is 2.59. The number of benzene rings is 3. The Kier molecular flexibility index (Phi) is 6.79. The minimum atomic E-state index is -0.971. The molecule has 7 nitrogen and oxygen atoms in total. The van der Waals surface area contributed by atoms with Crippen LogP contribution in [0, 0.1) is 9.49 Å². The number of aryl methyl sites for hydroxylation is 1. The zero-order valence-corrected chi connectivity index (χ0v) is 23.2. The minimum Gasteiger partial charge on any atom is -0.382 e. The Morgan fingerprint density at radius 2 is 1.82 bits per heavy atom. The van der Waals surface area contributed by atoms with Crippen LogP contribution in [0.3, 0.4) is 0 Å². The van der Waals surface area contributed by atoms with Crippen molar-refractivity contribution < 1.29 is 14.6 Å². The van der Waals surface area contributed by atoms with Crippen molar-refractivity contribution in [2.24, 2.45) is 5.92 Å². The third kappa shape index (κ3) is 4.44. The first kappa shape index (κ1) is 25.2. The number of aromatic nitrogens is 3. The topological polar surface area (TPSA) is 80.5 Å². The van der Waals surface area contributed by atoms with E-state index in [-0.39, 0.29) is 17.9 Å². The summed E-state index contributed by atoms with van der Waals surface area (Å²) < 4.78 is 9.60. The second kappa shape index (κ2) is 10.2. The molecule has 8 heteroatoms. The molecule has 4 aromatic rings. The van der Waals surface area contributed by atoms with Gasteiger partial charge in [0.1, 0.15) is 11.8 Å². The van der Waals surface area contributed by atoms with Gasteiger partial charge in [0.05, 0.1) is 24.5 Å². The summed E-state index contributed by atoms with van der Waals surface area (Å²) in [6.07, 6.45) is 2.36. The van der Waals surface area contributed by atoms with Gasteiger partial charge >= 0.3 is 0 Å². The van der Waals surface area contributed by atoms with E-state index in [1.54, 1.807) is 10.9 Å². The summed E-state index contributed by atoms with van der Waals surface area (Å²) in [4.78, 5) is 15.9. The molecule has 1 saturated heterocycles. The van der Waals surface area contributed by atoms with E-state index in [4.69, 9.17) is 4.74 Å². The summed E-state index contributed by atoms with van der Waals surface area (Å²) in [5.74, 6) is 0.0513. The van der Waals surface area contributed by atoms with Crippen molar-refractivity contribution in [2.45, 2.75) is 50.7 Å². The van der Waals surface area contributed by atoms with Crippen molar-refractivity contribution in [1.82, 2.24) is 15.0 Å². The van der Waals surface area contributed by atoms with Crippen LogP contribution >= 0.6 is 22.6 Å². The van der Waals surface area contributed by atoms with Crippen LogP contribution in [0.25, 0.3) is 0 Å². The van der Waals surface area contributed by atoms with Gasteiger partial charge in [-0.3, -0.25) is 9.48 Å². The smallest absolute Gasteiger partial charge is 0.264 e. The fourth-order valence-corrected chi connectivity index (χ4v) is 6.12. The number of anilines is 1. The summed E-state index contributed by atoms with van der Waals surface area (Å²) in [5.41, 5.74) is 3.30. The third-order valence-electron chi connectivity index (χ3n) is 7.71. The maximum absolute atomic E-state index is 14.0. The number of rotatable bonds is 7. The van der Waals surface area contributed by atoms with Crippen LogP contribution in [0.4, 0.5) is 5.69 Å². The van der Waals surface area contributed by atoms with Crippen molar-refractivity contribution >= 4 is 34.2 Å². The predicted molar refractivity (Wildman–Crippen MR) is 152 cm³/mol. The molecule has 1 aromatic heterocycles. The first-order valence-corrected chi connectivity index (χ1v) is 14.0. The molecule has 4 atom stereocenters. The van der Waals surface area contributed by atoms with Crippen LogP contribution in [-0.2, 0) is 28.2 Å². The lowest BCUT2D eigenvalue weighted by Gasteiger charge is -2.28. The molecule has 0 saturated carbocycles. The normalized spacial score (nSPS) is 23.2. The van der Waals surface area contributed by atoms with Crippen LogP contribution in [0.2, 0.25) is 0 Å². The number of carbonyl (C=O) groups excluding carboxylic acids is 1. The van der Waals surface area contributed by atoms with Gasteiger partial charge in [-0.1, -0.05) is 72.8 Å². The zero-order chi connectivity index (χ0) is 26.3. The van der Waals surface area contributed by atoms with Gasteiger partial charge in [0, 0.05) is 21.6 Å². The first-order valence-electron chi connectivity index (χ1n) is 12.9. The molecule has 0 unspecified atom stereocenters. The van der Waals surface area contributed by atoms with Gasteiger partial charge < -0.3 is 14.7 Å². The molecule has 3 heterocycles. The second-order valence-corrected chi connectivity index (χ2v) is 11.4. The van der Waals surface area contributed by atoms with Crippen LogP contribution in [-0.4, -0.2) is 32.1 Å². The van der Waals surface area contributed by atoms with Crippen LogP contribution < -0.4 is 4.90 Å². The van der Waals surface area contributed by atoms with Crippen LogP contribution in [0.5, 0.6) is 0 Å². The lowest BCUT2D eigenvalue weighted by atomic mass is 9.83. The van der Waals surface area contributed by atoms with E-state index in [0.29, 0.717) is 25.2 Å². The number of nitrogens with zero attached hydrogens (tertiary/aromatic N) is 4. The Balaban J connectivity index is 1.18. The number of para-hydroxylation sites is 1. The number of hydrogen-bond donors (Lipinski definition) is 1. The molecule has 1 N–H and O–H groups in total. The summed E-state index contributed by atoms with van der Waals surface area (Å²) >= 11 is 2.29. The first-order chi connectivity index (χ1) is 18.5. The molecule has 0 radical (unpaired) electrons. The van der Waals surface area contributed by atoms with E-state index in [1.165, 1.54) is 3.57 Å². The van der Waals surface area contributed by atoms with Gasteiger partial charge in [-0.2, -0.15) is 0 Å². The van der Waals surface area contributed by atoms with E-state index in [9.17, 15) is 9.90 Å². The molecule has 1 spiro atoms. The number of hydrogen-bond acceptors (Lipinski definition) is 5. The lowest BCUT2D eigenvalue weighted by molar-refractivity contribution is -0.146. The van der Waals surface area contributed by atoms with E-state index < -0.39 is 11.7 Å². The highest BCUT2D eigenvalue weighted by atomic mass is 127. The van der Waals surface area contributed by atoms with Crippen molar-refractivity contribution in [3.8, 4) is 0 Å². The van der Waals surface area contributed by atoms with Gasteiger partial charge in [-0.15, -0.1) is 5.10 Å². The highest BCUT2D eigenvalue weighted by molar-refractivity contribution is 14.1. The molecule has 0 aliphatic carbocycles. The molecule has 38 heavy (non-hydrogen) atoms. The number of halogens is 1. The van der Waals surface area contributed by atoms with Crippen LogP contribution in [0.15, 0.2) is 85.1 Å². The summed E-state index contributed by atoms with van der Waals surface area (Å²) in [7, 11) is 0. The Morgan fingerprint density at radius 1 is 1.08 bits per heavy atom. The molecule has 2 aliphatic heterocycles. The lowest BCUT2D eigenvalue weighted by Crippen LogP contribution is -2.43. The number of carbonyl (C=O) groups is 1. The van der Waals surface area contributed by atoms with Crippen molar-refractivity contribution in [3.63, 3.8) is 0 Å². The number of aliphatic hydroxyl groups is 1. The number of fused-ring (bicyclic) bond motifs is 2. The van der Waals surface area contributed by atoms with Gasteiger partial charge in [0.25, 0.3) is 5.91 Å². The Morgan fingerprint density at radius 3 is 2.61 bits per heavy atom. The summed E-state index contributed by atoms with van der Waals surface area (Å²) in [6, 6.07) is 25.7. The van der Waals surface area contributed by atoms with Gasteiger partial charge in [0.2, 0.25) is 0 Å². The molecule has 2 aliphatic rings. The molecule has 0 bridgehead atoms. The van der Waals surface area contributed by atoms with Gasteiger partial charge in [-0.05, 0) is 64.8 Å². The molecule has 6 rings (SSSR count). The van der Waals surface area contributed by atoms with E-state index in [2.05, 4.69) is 64.1 Å². The molecule has 1 fully saturated rings. The number of aliphatic hydroxyl groups excluding tert-OH is 1. The van der Waals surface area contributed by atoms with E-state index >= 15 is 0 Å². The quantitative estimate of drug-likeness (QED) is 0.287. The second-order valence-electron chi connectivity index (χ2n) is 10.2. The van der Waals surface area contributed by atoms with Crippen LogP contribution in [0.1, 0.15) is 48.3 Å². The fraction of sp³-hybridized carbons (Fsp3) is 0.300. The molecule has 1 amide bonds. The number of ether oxygens (including phenoxy) is 1. The van der Waals surface area contributed by atoms with Crippen molar-refractivity contribution in [3.05, 3.63) is 111 Å². The average molecular weight is 620 g/mol. The highest BCUT2D eigenvalue weighted by Crippen LogP contribution is 2.53. The maximum Gasteiger partial charge on any atom is 0.264 e. The number of amides is 1. The van der Waals surface area contributed by atoms with Gasteiger partial charge in [-0.25, -0.2) is 0 Å². The molecule has 194 valence electrons. The summed E-state index contributed by atoms with van der Waals surface area (Å²) in [6.45, 7) is 3.22. The Hall–Kier alpha value is -3.08. The Labute approximate surface area is 235 Å². The molecule has 3 aromatic carbocycles. The van der Waals surface area contributed by atoms with Crippen molar-refractivity contribution in [1.29, 1.82) is 0 Å². The monoisotopic (exact) mass is 620 g/mol. The average Bonchev–Trinajstić information content (AvgIpc) is 3.61. The SMILES string of the molecule is C[C@H]1C[C@@H](CCn2cc([C@H](O)c3ccccc3)nn2)O[C@]12C(=O)N(Cc1ccc(I)cc1)c1ccccc12. The fourth-order valence-electron chi connectivity index (χ4n) is 5.76. The predicted octanol–water partition coefficient (Wildman–Crippen LogP) is 5.22. The zero-order valence-electron chi connectivity index (χ0n) is 21.1. The van der Waals surface area contributed by atoms with Gasteiger partial charge in [0.15, 0.2) is 5.60 Å². The van der Waals surface area contributed by atoms with E-state index in [1.807, 2.05) is 59.5 Å². The summed E-state index contributed by atoms with van der Waals surface area (Å²) in [5, 5.41) is 19.0. The third-order valence-corrected chi connectivity index (χ3v) is 8.43.